The number of hydrogen-bond donors (Lipinski definition) is 1. The number of phenolic OH excluding ortho intramolecular Hbond substituents is 1. The van der Waals surface area contributed by atoms with Crippen LogP contribution in [0.25, 0.3) is 10.8 Å². The molecule has 0 aliphatic carbocycles. The predicted octanol–water partition coefficient (Wildman–Crippen LogP) is 2.94. The molecule has 0 saturated carbocycles. The fourth-order valence-corrected chi connectivity index (χ4v) is 3.28. The van der Waals surface area contributed by atoms with Crippen molar-refractivity contribution in [1.82, 2.24) is 0 Å². The zero-order valence-corrected chi connectivity index (χ0v) is 12.5. The van der Waals surface area contributed by atoms with E-state index in [4.69, 9.17) is 14.2 Å². The van der Waals surface area contributed by atoms with Gasteiger partial charge in [0, 0.05) is 16.3 Å². The molecule has 2 aliphatic rings. The maximum Gasteiger partial charge on any atom is 0.342 e. The monoisotopic (exact) mass is 300 g/mol. The van der Waals surface area contributed by atoms with E-state index >= 15 is 0 Å². The van der Waals surface area contributed by atoms with Crippen molar-refractivity contribution in [2.24, 2.45) is 0 Å². The standard InChI is InChI=1S/C17H16O5/c1-17(2)15-14(21-15)11-10(16(19)20-3)12(18)8-6-4-5-7-9(8)13(11)22-17/h4-7,14-15,18H,1-3H3/t14-,15+/m0/s1. The number of carbonyl (C=O) groups excluding carboxylic acids is 1. The highest BCUT2D eigenvalue weighted by molar-refractivity contribution is 6.06. The smallest absolute Gasteiger partial charge is 0.342 e. The van der Waals surface area contributed by atoms with Crippen LogP contribution in [0.5, 0.6) is 11.5 Å². The maximum absolute atomic E-state index is 12.2. The molecule has 2 aromatic carbocycles. The molecule has 1 saturated heterocycles. The van der Waals surface area contributed by atoms with E-state index in [1.807, 2.05) is 26.0 Å². The fraction of sp³-hybridized carbons (Fsp3) is 0.353. The van der Waals surface area contributed by atoms with Gasteiger partial charge in [0.2, 0.25) is 0 Å². The zero-order chi connectivity index (χ0) is 15.6. The molecule has 2 aromatic rings. The second kappa shape index (κ2) is 4.14. The van der Waals surface area contributed by atoms with E-state index in [1.165, 1.54) is 7.11 Å². The largest absolute Gasteiger partial charge is 0.506 e. The minimum absolute atomic E-state index is 0.0845. The Hall–Kier alpha value is -2.27. The van der Waals surface area contributed by atoms with Crippen LogP contribution in [0.2, 0.25) is 0 Å². The molecule has 0 bridgehead atoms. The van der Waals surface area contributed by atoms with Gasteiger partial charge in [-0.2, -0.15) is 0 Å². The first-order valence-electron chi connectivity index (χ1n) is 7.16. The molecule has 5 nitrogen and oxygen atoms in total. The van der Waals surface area contributed by atoms with E-state index in [1.54, 1.807) is 12.1 Å². The van der Waals surface area contributed by atoms with Gasteiger partial charge in [-0.25, -0.2) is 4.79 Å². The molecule has 22 heavy (non-hydrogen) atoms. The Balaban J connectivity index is 2.11. The summed E-state index contributed by atoms with van der Waals surface area (Å²) in [4.78, 5) is 12.2. The number of carbonyl (C=O) groups is 1. The number of ether oxygens (including phenoxy) is 3. The number of esters is 1. The van der Waals surface area contributed by atoms with Gasteiger partial charge >= 0.3 is 5.97 Å². The Labute approximate surface area is 127 Å². The number of phenols is 1. The third-order valence-corrected chi connectivity index (χ3v) is 4.39. The van der Waals surface area contributed by atoms with Crippen molar-refractivity contribution in [3.63, 3.8) is 0 Å². The fourth-order valence-electron chi connectivity index (χ4n) is 3.28. The predicted molar refractivity (Wildman–Crippen MR) is 79.3 cm³/mol. The summed E-state index contributed by atoms with van der Waals surface area (Å²) in [7, 11) is 1.29. The molecular formula is C17H16O5. The van der Waals surface area contributed by atoms with Crippen LogP contribution in [0.4, 0.5) is 0 Å². The summed E-state index contributed by atoms with van der Waals surface area (Å²) in [5.74, 6) is -0.0756. The van der Waals surface area contributed by atoms with Crippen molar-refractivity contribution in [2.45, 2.75) is 31.7 Å². The SMILES string of the molecule is COC(=O)c1c2c(c3ccccc3c1O)OC(C)(C)[C@@H]1O[C@@H]21. The number of rotatable bonds is 1. The highest BCUT2D eigenvalue weighted by atomic mass is 16.6. The van der Waals surface area contributed by atoms with Gasteiger partial charge in [-0.1, -0.05) is 24.3 Å². The summed E-state index contributed by atoms with van der Waals surface area (Å²) in [6.45, 7) is 3.92. The van der Waals surface area contributed by atoms with Crippen LogP contribution in [0.15, 0.2) is 24.3 Å². The minimum Gasteiger partial charge on any atom is -0.506 e. The van der Waals surface area contributed by atoms with Crippen molar-refractivity contribution >= 4 is 16.7 Å². The molecule has 0 unspecified atom stereocenters. The van der Waals surface area contributed by atoms with Gasteiger partial charge in [0.05, 0.1) is 7.11 Å². The van der Waals surface area contributed by atoms with E-state index in [0.29, 0.717) is 16.7 Å². The second-order valence-electron chi connectivity index (χ2n) is 6.19. The van der Waals surface area contributed by atoms with Crippen molar-refractivity contribution < 1.29 is 24.1 Å². The lowest BCUT2D eigenvalue weighted by Crippen LogP contribution is -2.38. The van der Waals surface area contributed by atoms with E-state index in [2.05, 4.69) is 0 Å². The van der Waals surface area contributed by atoms with Gasteiger partial charge in [0.15, 0.2) is 0 Å². The molecule has 5 heteroatoms. The lowest BCUT2D eigenvalue weighted by molar-refractivity contribution is 0.0585. The Morgan fingerprint density at radius 1 is 1.27 bits per heavy atom. The number of hydrogen-bond acceptors (Lipinski definition) is 5. The van der Waals surface area contributed by atoms with Crippen molar-refractivity contribution in [2.75, 3.05) is 7.11 Å². The summed E-state index contributed by atoms with van der Waals surface area (Å²) in [5, 5.41) is 11.9. The number of benzene rings is 2. The van der Waals surface area contributed by atoms with Crippen molar-refractivity contribution in [1.29, 1.82) is 0 Å². The average Bonchev–Trinajstić information content (AvgIpc) is 3.30. The quantitative estimate of drug-likeness (QED) is 0.648. The molecule has 1 fully saturated rings. The minimum atomic E-state index is -0.586. The molecule has 0 amide bonds. The van der Waals surface area contributed by atoms with Gasteiger partial charge < -0.3 is 19.3 Å². The first-order valence-corrected chi connectivity index (χ1v) is 7.16. The van der Waals surface area contributed by atoms with Crippen LogP contribution >= 0.6 is 0 Å². The molecule has 1 N–H and O–H groups in total. The van der Waals surface area contributed by atoms with Gasteiger partial charge in [-0.15, -0.1) is 0 Å². The Bertz CT molecular complexity index is 808. The van der Waals surface area contributed by atoms with E-state index in [-0.39, 0.29) is 23.5 Å². The van der Waals surface area contributed by atoms with E-state index in [9.17, 15) is 9.90 Å². The molecule has 114 valence electrons. The van der Waals surface area contributed by atoms with Crippen LogP contribution in [0, 0.1) is 0 Å². The van der Waals surface area contributed by atoms with Crippen LogP contribution < -0.4 is 4.74 Å². The normalized spacial score (nSPS) is 24.1. The molecule has 2 aliphatic heterocycles. The van der Waals surface area contributed by atoms with E-state index < -0.39 is 11.6 Å². The van der Waals surface area contributed by atoms with Crippen molar-refractivity contribution in [3.8, 4) is 11.5 Å². The first-order chi connectivity index (χ1) is 10.5. The second-order valence-corrected chi connectivity index (χ2v) is 6.19. The van der Waals surface area contributed by atoms with Gasteiger partial charge in [0.1, 0.15) is 34.9 Å². The summed E-state index contributed by atoms with van der Waals surface area (Å²) >= 11 is 0. The highest BCUT2D eigenvalue weighted by Gasteiger charge is 2.58. The third kappa shape index (κ3) is 1.60. The molecular weight excluding hydrogens is 284 g/mol. The van der Waals surface area contributed by atoms with Crippen LogP contribution in [-0.4, -0.2) is 29.9 Å². The molecule has 0 radical (unpaired) electrons. The van der Waals surface area contributed by atoms with Crippen LogP contribution in [-0.2, 0) is 9.47 Å². The zero-order valence-electron chi connectivity index (χ0n) is 12.5. The summed E-state index contributed by atoms with van der Waals surface area (Å²) in [6, 6.07) is 7.30. The first kappa shape index (κ1) is 13.4. The number of methoxy groups -OCH3 is 1. The van der Waals surface area contributed by atoms with Gasteiger partial charge in [-0.3, -0.25) is 0 Å². The molecule has 2 heterocycles. The summed E-state index contributed by atoms with van der Waals surface area (Å²) in [5.41, 5.74) is 0.247. The van der Waals surface area contributed by atoms with Crippen LogP contribution in [0.1, 0.15) is 35.9 Å². The average molecular weight is 300 g/mol. The van der Waals surface area contributed by atoms with Crippen molar-refractivity contribution in [3.05, 3.63) is 35.4 Å². The topological polar surface area (TPSA) is 68.3 Å². The summed E-state index contributed by atoms with van der Waals surface area (Å²) in [6.07, 6.45) is -0.368. The molecule has 0 aromatic heterocycles. The van der Waals surface area contributed by atoms with Gasteiger partial charge in [-0.05, 0) is 13.8 Å². The Kier molecular flexibility index (Phi) is 2.52. The molecule has 4 rings (SSSR count). The lowest BCUT2D eigenvalue weighted by Gasteiger charge is -2.31. The van der Waals surface area contributed by atoms with E-state index in [0.717, 1.165) is 5.39 Å². The maximum atomic E-state index is 12.2. The number of epoxide rings is 1. The van der Waals surface area contributed by atoms with Gasteiger partial charge in [0.25, 0.3) is 0 Å². The molecule has 2 atom stereocenters. The molecule has 0 spiro atoms. The number of aromatic hydroxyl groups is 1. The van der Waals surface area contributed by atoms with Crippen LogP contribution in [0.3, 0.4) is 0 Å². The lowest BCUT2D eigenvalue weighted by atomic mass is 9.88. The third-order valence-electron chi connectivity index (χ3n) is 4.39. The number of fused-ring (bicyclic) bond motifs is 5. The summed E-state index contributed by atoms with van der Waals surface area (Å²) < 4.78 is 16.7. The Morgan fingerprint density at radius 3 is 2.64 bits per heavy atom. The highest BCUT2D eigenvalue weighted by Crippen LogP contribution is 2.58. The Morgan fingerprint density at radius 2 is 1.95 bits per heavy atom.